The number of carbonyl (C=O) groups is 1. The number of amides is 1. The Bertz CT molecular complexity index is 939. The van der Waals surface area contributed by atoms with Crippen LogP contribution in [0.4, 0.5) is 5.69 Å². The maximum Gasteiger partial charge on any atom is 0.244 e. The molecule has 2 rings (SSSR count). The summed E-state index contributed by atoms with van der Waals surface area (Å²) in [6.07, 6.45) is 0. The van der Waals surface area contributed by atoms with E-state index in [1.165, 1.54) is 31.4 Å². The van der Waals surface area contributed by atoms with E-state index in [9.17, 15) is 13.2 Å². The monoisotopic (exact) mass is 379 g/mol. The Morgan fingerprint density at radius 1 is 1.28 bits per heavy atom. The van der Waals surface area contributed by atoms with Crippen LogP contribution in [0.15, 0.2) is 47.4 Å². The van der Waals surface area contributed by atoms with Crippen LogP contribution in [0.5, 0.6) is 5.75 Å². The fraction of sp³-hybridized carbons (Fsp3) is 0.125. The quantitative estimate of drug-likeness (QED) is 0.799. The summed E-state index contributed by atoms with van der Waals surface area (Å²) in [5, 5.41) is 11.7. The lowest BCUT2D eigenvalue weighted by atomic mass is 10.2. The van der Waals surface area contributed by atoms with Crippen molar-refractivity contribution in [1.29, 1.82) is 5.26 Å². The molecule has 25 heavy (non-hydrogen) atoms. The summed E-state index contributed by atoms with van der Waals surface area (Å²) in [4.78, 5) is 11.8. The van der Waals surface area contributed by atoms with E-state index in [4.69, 9.17) is 21.6 Å². The van der Waals surface area contributed by atoms with Crippen LogP contribution < -0.4 is 14.8 Å². The lowest BCUT2D eigenvalue weighted by Gasteiger charge is -2.11. The van der Waals surface area contributed by atoms with Crippen molar-refractivity contribution in [3.05, 3.63) is 53.1 Å². The first-order valence-corrected chi connectivity index (χ1v) is 8.85. The summed E-state index contributed by atoms with van der Waals surface area (Å²) in [6, 6.07) is 12.5. The number of sulfonamides is 1. The summed E-state index contributed by atoms with van der Waals surface area (Å²) >= 11 is 5.83. The number of carbonyl (C=O) groups excluding carboxylic acids is 1. The molecule has 0 radical (unpaired) electrons. The van der Waals surface area contributed by atoms with E-state index in [1.54, 1.807) is 18.2 Å². The third-order valence-electron chi connectivity index (χ3n) is 3.16. The standard InChI is InChI=1S/C16H14ClN3O4S/c1-24-14-7-6-12(17)8-15(14)25(22,23)19-10-16(21)20-13-5-3-2-4-11(13)9-18/h2-8,19H,10H2,1H3,(H,20,21). The topological polar surface area (TPSA) is 108 Å². The highest BCUT2D eigenvalue weighted by Crippen LogP contribution is 2.26. The van der Waals surface area contributed by atoms with E-state index in [2.05, 4.69) is 10.0 Å². The summed E-state index contributed by atoms with van der Waals surface area (Å²) < 4.78 is 31.9. The zero-order valence-electron chi connectivity index (χ0n) is 13.1. The van der Waals surface area contributed by atoms with Gasteiger partial charge in [0.05, 0.1) is 24.9 Å². The molecule has 0 fully saturated rings. The number of methoxy groups -OCH3 is 1. The molecule has 130 valence electrons. The molecule has 1 amide bonds. The molecule has 0 saturated heterocycles. The highest BCUT2D eigenvalue weighted by molar-refractivity contribution is 7.89. The van der Waals surface area contributed by atoms with Gasteiger partial charge in [-0.15, -0.1) is 0 Å². The predicted octanol–water partition coefficient (Wildman–Crippen LogP) is 2.14. The fourth-order valence-electron chi connectivity index (χ4n) is 1.98. The van der Waals surface area contributed by atoms with E-state index in [1.807, 2.05) is 6.07 Å². The summed E-state index contributed by atoms with van der Waals surface area (Å²) in [6.45, 7) is -0.516. The van der Waals surface area contributed by atoms with Gasteiger partial charge in [0.25, 0.3) is 0 Å². The van der Waals surface area contributed by atoms with Gasteiger partial charge < -0.3 is 10.1 Å². The van der Waals surface area contributed by atoms with Crippen LogP contribution >= 0.6 is 11.6 Å². The molecule has 9 heteroatoms. The van der Waals surface area contributed by atoms with Crippen LogP contribution in [0.1, 0.15) is 5.56 Å². The second-order valence-electron chi connectivity index (χ2n) is 4.83. The summed E-state index contributed by atoms with van der Waals surface area (Å²) in [5.41, 5.74) is 0.574. The fourth-order valence-corrected chi connectivity index (χ4v) is 3.39. The Kier molecular flexibility index (Phi) is 5.98. The molecule has 7 nitrogen and oxygen atoms in total. The van der Waals surface area contributed by atoms with Gasteiger partial charge in [-0.25, -0.2) is 13.1 Å². The van der Waals surface area contributed by atoms with Gasteiger partial charge in [-0.3, -0.25) is 4.79 Å². The van der Waals surface area contributed by atoms with Crippen molar-refractivity contribution in [3.8, 4) is 11.8 Å². The van der Waals surface area contributed by atoms with Gasteiger partial charge in [-0.2, -0.15) is 5.26 Å². The Balaban J connectivity index is 2.11. The van der Waals surface area contributed by atoms with E-state index in [0.29, 0.717) is 5.69 Å². The number of halogens is 1. The van der Waals surface area contributed by atoms with Crippen molar-refractivity contribution >= 4 is 33.2 Å². The van der Waals surface area contributed by atoms with Crippen LogP contribution in [0, 0.1) is 11.3 Å². The number of rotatable bonds is 6. The zero-order chi connectivity index (χ0) is 18.4. The first kappa shape index (κ1) is 18.7. The number of nitrogens with one attached hydrogen (secondary N) is 2. The number of para-hydroxylation sites is 1. The minimum absolute atomic E-state index is 0.104. The molecule has 2 aromatic rings. The maximum atomic E-state index is 12.4. The number of anilines is 1. The molecule has 0 saturated carbocycles. The maximum absolute atomic E-state index is 12.4. The molecule has 0 atom stereocenters. The van der Waals surface area contributed by atoms with E-state index < -0.39 is 22.5 Å². The Labute approximate surface area is 150 Å². The zero-order valence-corrected chi connectivity index (χ0v) is 14.7. The molecular formula is C16H14ClN3O4S. The molecule has 2 aromatic carbocycles. The van der Waals surface area contributed by atoms with Gasteiger partial charge >= 0.3 is 0 Å². The molecule has 0 spiro atoms. The van der Waals surface area contributed by atoms with E-state index in [-0.39, 0.29) is 21.2 Å². The summed E-state index contributed by atoms with van der Waals surface area (Å²) in [7, 11) is -2.69. The second-order valence-corrected chi connectivity index (χ2v) is 7.00. The SMILES string of the molecule is COc1ccc(Cl)cc1S(=O)(=O)NCC(=O)Nc1ccccc1C#N. The first-order valence-electron chi connectivity index (χ1n) is 6.99. The second kappa shape index (κ2) is 7.98. The average Bonchev–Trinajstić information content (AvgIpc) is 2.60. The molecule has 0 bridgehead atoms. The van der Waals surface area contributed by atoms with Gasteiger partial charge in [0.2, 0.25) is 15.9 Å². The number of nitrogens with zero attached hydrogens (tertiary/aromatic N) is 1. The highest BCUT2D eigenvalue weighted by Gasteiger charge is 2.21. The van der Waals surface area contributed by atoms with Crippen molar-refractivity contribution in [2.45, 2.75) is 4.90 Å². The molecule has 2 N–H and O–H groups in total. The Morgan fingerprint density at radius 2 is 2.00 bits per heavy atom. The van der Waals surface area contributed by atoms with Gasteiger partial charge in [0.1, 0.15) is 16.7 Å². The van der Waals surface area contributed by atoms with Gasteiger partial charge in [-0.1, -0.05) is 23.7 Å². The lowest BCUT2D eigenvalue weighted by molar-refractivity contribution is -0.115. The first-order chi connectivity index (χ1) is 11.9. The smallest absolute Gasteiger partial charge is 0.244 e. The Hall–Kier alpha value is -2.60. The molecule has 0 aliphatic carbocycles. The molecule has 0 aliphatic rings. The van der Waals surface area contributed by atoms with Gasteiger partial charge in [0, 0.05) is 5.02 Å². The van der Waals surface area contributed by atoms with Gasteiger partial charge in [0.15, 0.2) is 0 Å². The lowest BCUT2D eigenvalue weighted by Crippen LogP contribution is -2.33. The third-order valence-corrected chi connectivity index (χ3v) is 4.82. The predicted molar refractivity (Wildman–Crippen MR) is 93.0 cm³/mol. The molecule has 0 unspecified atom stereocenters. The molecule has 0 heterocycles. The number of benzene rings is 2. The van der Waals surface area contributed by atoms with E-state index >= 15 is 0 Å². The van der Waals surface area contributed by atoms with Crippen LogP contribution in [-0.4, -0.2) is 28.0 Å². The number of nitriles is 1. The number of hydrogen-bond donors (Lipinski definition) is 2. The van der Waals surface area contributed by atoms with Crippen molar-refractivity contribution in [2.24, 2.45) is 0 Å². The van der Waals surface area contributed by atoms with Crippen LogP contribution in [0.3, 0.4) is 0 Å². The van der Waals surface area contributed by atoms with Crippen molar-refractivity contribution < 1.29 is 17.9 Å². The van der Waals surface area contributed by atoms with Crippen LogP contribution in [0.25, 0.3) is 0 Å². The molecule has 0 aromatic heterocycles. The summed E-state index contributed by atoms with van der Waals surface area (Å²) in [5.74, 6) is -0.514. The van der Waals surface area contributed by atoms with Crippen molar-refractivity contribution in [3.63, 3.8) is 0 Å². The Morgan fingerprint density at radius 3 is 2.68 bits per heavy atom. The largest absolute Gasteiger partial charge is 0.495 e. The third kappa shape index (κ3) is 4.70. The van der Waals surface area contributed by atoms with Gasteiger partial charge in [-0.05, 0) is 30.3 Å². The minimum Gasteiger partial charge on any atom is -0.495 e. The number of ether oxygens (including phenoxy) is 1. The average molecular weight is 380 g/mol. The highest BCUT2D eigenvalue weighted by atomic mass is 35.5. The molecule has 0 aliphatic heterocycles. The minimum atomic E-state index is -4.01. The molecular weight excluding hydrogens is 366 g/mol. The number of hydrogen-bond acceptors (Lipinski definition) is 5. The van der Waals surface area contributed by atoms with Crippen molar-refractivity contribution in [1.82, 2.24) is 4.72 Å². The van der Waals surface area contributed by atoms with Crippen LogP contribution in [-0.2, 0) is 14.8 Å². The van der Waals surface area contributed by atoms with Crippen molar-refractivity contribution in [2.75, 3.05) is 19.0 Å². The van der Waals surface area contributed by atoms with E-state index in [0.717, 1.165) is 0 Å². The normalized spacial score (nSPS) is 10.8. The van der Waals surface area contributed by atoms with Crippen LogP contribution in [0.2, 0.25) is 5.02 Å².